The van der Waals surface area contributed by atoms with E-state index in [4.69, 9.17) is 42.1 Å². The number of carbonyl (C=O) groups excluding carboxylic acids is 2. The maximum atomic E-state index is 15.0. The first-order valence-corrected chi connectivity index (χ1v) is 17.4. The Hall–Kier alpha value is -4.58. The number of esters is 1. The van der Waals surface area contributed by atoms with Crippen molar-refractivity contribution in [3.05, 3.63) is 122 Å². The summed E-state index contributed by atoms with van der Waals surface area (Å²) in [5, 5.41) is 12.1. The zero-order valence-electron chi connectivity index (χ0n) is 28.2. The standard InChI is InChI=1S/C38H38Cl2FN3O7/c1-48-33-12-11-27(18-35(33)49-2)34(19-28-29(39)21-43(47)22-30(28)40)50-37(45)17-24-7-9-25(10-8-24)20-44(32-6-4-3-5-31(32)41)38(46)51-36-23-42-15-13-26(36)14-16-42/h3-12,18,21-22,26,34,36H,13-17,19-20,23H2,1-2H3/t34?,36-/m0/s1. The van der Waals surface area contributed by atoms with Crippen molar-refractivity contribution < 1.29 is 37.7 Å². The van der Waals surface area contributed by atoms with Crippen molar-refractivity contribution in [2.24, 2.45) is 5.92 Å². The third kappa shape index (κ3) is 8.66. The quantitative estimate of drug-likeness (QED) is 0.0863. The molecule has 0 N–H and O–H groups in total. The molecule has 4 aromatic rings. The molecule has 268 valence electrons. The number of hydrogen-bond acceptors (Lipinski definition) is 8. The summed E-state index contributed by atoms with van der Waals surface area (Å²) in [5.41, 5.74) is 2.54. The van der Waals surface area contributed by atoms with Crippen molar-refractivity contribution in [2.45, 2.75) is 44.4 Å². The number of nitrogens with zero attached hydrogens (tertiary/aromatic N) is 3. The van der Waals surface area contributed by atoms with E-state index in [0.29, 0.717) is 50.9 Å². The van der Waals surface area contributed by atoms with Crippen LogP contribution in [0.25, 0.3) is 0 Å². The Kier molecular flexibility index (Phi) is 11.5. The molecule has 51 heavy (non-hydrogen) atoms. The highest BCUT2D eigenvalue weighted by Crippen LogP contribution is 2.36. The minimum Gasteiger partial charge on any atom is -0.619 e. The molecule has 2 bridgehead atoms. The fraction of sp³-hybridized carbons (Fsp3) is 0.342. The number of carbonyl (C=O) groups is 2. The maximum Gasteiger partial charge on any atom is 0.415 e. The first-order valence-electron chi connectivity index (χ1n) is 16.6. The third-order valence-electron chi connectivity index (χ3n) is 9.42. The highest BCUT2D eigenvalue weighted by molar-refractivity contribution is 6.35. The minimum atomic E-state index is -0.842. The van der Waals surface area contributed by atoms with Gasteiger partial charge in [-0.05, 0) is 72.8 Å². The molecule has 3 aliphatic heterocycles. The van der Waals surface area contributed by atoms with Crippen LogP contribution >= 0.6 is 23.2 Å². The molecular formula is C38H38Cl2FN3O7. The Morgan fingerprint density at radius 3 is 2.25 bits per heavy atom. The molecule has 4 heterocycles. The molecule has 0 radical (unpaired) electrons. The van der Waals surface area contributed by atoms with E-state index in [9.17, 15) is 19.2 Å². The number of hydrogen-bond donors (Lipinski definition) is 0. The average molecular weight is 739 g/mol. The molecule has 1 unspecified atom stereocenters. The molecule has 0 aliphatic carbocycles. The number of fused-ring (bicyclic) bond motifs is 3. The minimum absolute atomic E-state index is 0.0644. The van der Waals surface area contributed by atoms with Crippen LogP contribution in [0.5, 0.6) is 11.5 Å². The van der Waals surface area contributed by atoms with Crippen molar-refractivity contribution in [1.29, 1.82) is 0 Å². The summed E-state index contributed by atoms with van der Waals surface area (Å²) in [6.07, 6.45) is 2.66. The Bertz CT molecular complexity index is 1850. The van der Waals surface area contributed by atoms with Gasteiger partial charge in [0.2, 0.25) is 0 Å². The number of methoxy groups -OCH3 is 2. The first-order chi connectivity index (χ1) is 24.6. The van der Waals surface area contributed by atoms with Crippen LogP contribution in [0.3, 0.4) is 0 Å². The molecular weight excluding hydrogens is 700 g/mol. The zero-order chi connectivity index (χ0) is 36.1. The van der Waals surface area contributed by atoms with Crippen LogP contribution in [0.2, 0.25) is 10.0 Å². The third-order valence-corrected chi connectivity index (χ3v) is 10.1. The van der Waals surface area contributed by atoms with E-state index in [2.05, 4.69) is 4.90 Å². The highest BCUT2D eigenvalue weighted by atomic mass is 35.5. The monoisotopic (exact) mass is 737 g/mol. The van der Waals surface area contributed by atoms with Crippen LogP contribution in [-0.2, 0) is 33.7 Å². The van der Waals surface area contributed by atoms with Crippen molar-refractivity contribution in [3.63, 3.8) is 0 Å². The SMILES string of the molecule is COc1ccc(C(Cc2c(Cl)c[n+]([O-])cc2Cl)OC(=O)Cc2ccc(CN(C(=O)O[C@H]3CN4CCC3CC4)c3ccccc3F)cc2)cc1OC. The van der Waals surface area contributed by atoms with E-state index in [1.54, 1.807) is 60.7 Å². The number of benzene rings is 3. The number of para-hydroxylation sites is 1. The van der Waals surface area contributed by atoms with Gasteiger partial charge in [0.15, 0.2) is 23.9 Å². The van der Waals surface area contributed by atoms with E-state index in [-0.39, 0.29) is 41.2 Å². The van der Waals surface area contributed by atoms with E-state index >= 15 is 0 Å². The lowest BCUT2D eigenvalue weighted by molar-refractivity contribution is -0.605. The number of aromatic nitrogens is 1. The lowest BCUT2D eigenvalue weighted by Crippen LogP contribution is -2.53. The molecule has 3 saturated heterocycles. The van der Waals surface area contributed by atoms with Gasteiger partial charge in [-0.1, -0.05) is 65.7 Å². The van der Waals surface area contributed by atoms with Crippen molar-refractivity contribution in [3.8, 4) is 11.5 Å². The number of ether oxygens (including phenoxy) is 4. The fourth-order valence-electron chi connectivity index (χ4n) is 6.66. The van der Waals surface area contributed by atoms with Gasteiger partial charge in [0.1, 0.15) is 28.1 Å². The van der Waals surface area contributed by atoms with Crippen LogP contribution in [-0.4, -0.2) is 56.9 Å². The number of piperidine rings is 3. The number of anilines is 1. The molecule has 13 heteroatoms. The van der Waals surface area contributed by atoms with Crippen molar-refractivity contribution in [2.75, 3.05) is 38.8 Å². The second-order valence-electron chi connectivity index (χ2n) is 12.7. The van der Waals surface area contributed by atoms with E-state index in [1.807, 2.05) is 0 Å². The predicted molar refractivity (Wildman–Crippen MR) is 190 cm³/mol. The Morgan fingerprint density at radius 1 is 0.961 bits per heavy atom. The number of halogens is 3. The van der Waals surface area contributed by atoms with E-state index in [1.165, 1.54) is 37.6 Å². The zero-order valence-corrected chi connectivity index (χ0v) is 29.7. The van der Waals surface area contributed by atoms with Gasteiger partial charge in [0.25, 0.3) is 0 Å². The van der Waals surface area contributed by atoms with Gasteiger partial charge in [-0.2, -0.15) is 4.73 Å². The first kappa shape index (κ1) is 36.2. The van der Waals surface area contributed by atoms with Crippen molar-refractivity contribution in [1.82, 2.24) is 4.90 Å². The fourth-order valence-corrected chi connectivity index (χ4v) is 7.26. The molecule has 1 aromatic heterocycles. The molecule has 3 aliphatic rings. The van der Waals surface area contributed by atoms with Crippen molar-refractivity contribution >= 4 is 41.0 Å². The topological polar surface area (TPSA) is 104 Å². The van der Waals surface area contributed by atoms with Crippen LogP contribution in [0.4, 0.5) is 14.9 Å². The molecule has 10 nitrogen and oxygen atoms in total. The van der Waals surface area contributed by atoms with Gasteiger partial charge in [-0.25, -0.2) is 9.18 Å². The molecule has 0 saturated carbocycles. The van der Waals surface area contributed by atoms with E-state index in [0.717, 1.165) is 25.9 Å². The largest absolute Gasteiger partial charge is 0.619 e. The van der Waals surface area contributed by atoms with Crippen LogP contribution in [0, 0.1) is 16.9 Å². The number of amides is 1. The Labute approximate surface area is 305 Å². The van der Waals surface area contributed by atoms with Gasteiger partial charge in [0.05, 0.1) is 32.9 Å². The Balaban J connectivity index is 1.17. The normalized spacial score (nSPS) is 18.5. The maximum absolute atomic E-state index is 15.0. The second kappa shape index (κ2) is 16.2. The molecule has 7 rings (SSSR count). The molecule has 3 fully saturated rings. The van der Waals surface area contributed by atoms with Gasteiger partial charge in [-0.3, -0.25) is 14.6 Å². The number of rotatable bonds is 12. The summed E-state index contributed by atoms with van der Waals surface area (Å²) >= 11 is 12.7. The summed E-state index contributed by atoms with van der Waals surface area (Å²) < 4.78 is 38.3. The summed E-state index contributed by atoms with van der Waals surface area (Å²) in [4.78, 5) is 30.6. The molecule has 2 atom stereocenters. The van der Waals surface area contributed by atoms with Crippen LogP contribution in [0.1, 0.15) is 41.2 Å². The summed E-state index contributed by atoms with van der Waals surface area (Å²) in [6.45, 7) is 2.76. The summed E-state index contributed by atoms with van der Waals surface area (Å²) in [5.74, 6) is 0.177. The van der Waals surface area contributed by atoms with Gasteiger partial charge >= 0.3 is 12.1 Å². The Morgan fingerprint density at radius 2 is 1.63 bits per heavy atom. The lowest BCUT2D eigenvalue weighted by Gasteiger charge is -2.44. The summed E-state index contributed by atoms with van der Waals surface area (Å²) in [7, 11) is 3.02. The van der Waals surface area contributed by atoms with Gasteiger partial charge < -0.3 is 24.2 Å². The lowest BCUT2D eigenvalue weighted by atomic mass is 9.86. The van der Waals surface area contributed by atoms with Crippen LogP contribution < -0.4 is 19.1 Å². The predicted octanol–water partition coefficient (Wildman–Crippen LogP) is 7.09. The second-order valence-corrected chi connectivity index (χ2v) is 13.5. The average Bonchev–Trinajstić information content (AvgIpc) is 3.12. The molecule has 1 amide bonds. The van der Waals surface area contributed by atoms with E-state index < -0.39 is 24.0 Å². The van der Waals surface area contributed by atoms with Gasteiger partial charge in [-0.15, -0.1) is 0 Å². The molecule has 3 aromatic carbocycles. The highest BCUT2D eigenvalue weighted by Gasteiger charge is 2.37. The number of pyridine rings is 1. The van der Waals surface area contributed by atoms with Gasteiger partial charge in [0, 0.05) is 18.5 Å². The molecule has 0 spiro atoms. The smallest absolute Gasteiger partial charge is 0.415 e. The van der Waals surface area contributed by atoms with Crippen LogP contribution in [0.15, 0.2) is 79.1 Å². The summed E-state index contributed by atoms with van der Waals surface area (Å²) in [6, 6.07) is 18.4.